The van der Waals surface area contributed by atoms with E-state index in [-0.39, 0.29) is 17.6 Å². The monoisotopic (exact) mass is 411 g/mol. The molecule has 1 aromatic heterocycles. The number of hydrogen-bond donors (Lipinski definition) is 1. The molecule has 0 aliphatic carbocycles. The standard InChI is InChI=1S/C22H22FN3O2S/c23-17-7-5-16(6-8-17)22(28)26-13-10-15(11-14-26)9-12-24-21(27)20-18-3-1-2-4-19(18)29-25-20/h1-8,15H,9-14H2,(H,24,27). The molecule has 1 fully saturated rings. The van der Waals surface area contributed by atoms with E-state index >= 15 is 0 Å². The van der Waals surface area contributed by atoms with Crippen LogP contribution in [0.4, 0.5) is 4.39 Å². The molecule has 1 aliphatic rings. The molecule has 3 aromatic rings. The van der Waals surface area contributed by atoms with E-state index in [1.54, 1.807) is 0 Å². The van der Waals surface area contributed by atoms with Crippen LogP contribution >= 0.6 is 11.5 Å². The number of halogens is 1. The number of fused-ring (bicyclic) bond motifs is 1. The zero-order chi connectivity index (χ0) is 20.2. The van der Waals surface area contributed by atoms with Crippen molar-refractivity contribution in [1.82, 2.24) is 14.6 Å². The van der Waals surface area contributed by atoms with Crippen LogP contribution in [0.3, 0.4) is 0 Å². The number of rotatable bonds is 5. The summed E-state index contributed by atoms with van der Waals surface area (Å²) in [6, 6.07) is 13.4. The van der Waals surface area contributed by atoms with Gasteiger partial charge in [-0.3, -0.25) is 9.59 Å². The van der Waals surface area contributed by atoms with Crippen LogP contribution in [0.15, 0.2) is 48.5 Å². The molecular formula is C22H22FN3O2S. The minimum absolute atomic E-state index is 0.0489. The second-order valence-corrected chi connectivity index (χ2v) is 8.12. The zero-order valence-corrected chi connectivity index (χ0v) is 16.8. The lowest BCUT2D eigenvalue weighted by Crippen LogP contribution is -2.39. The number of nitrogens with one attached hydrogen (secondary N) is 1. The van der Waals surface area contributed by atoms with E-state index in [1.165, 1.54) is 35.8 Å². The largest absolute Gasteiger partial charge is 0.351 e. The summed E-state index contributed by atoms with van der Waals surface area (Å²) in [7, 11) is 0. The summed E-state index contributed by atoms with van der Waals surface area (Å²) in [5.41, 5.74) is 1.01. The van der Waals surface area contributed by atoms with Crippen molar-refractivity contribution in [2.45, 2.75) is 19.3 Å². The first-order valence-corrected chi connectivity index (χ1v) is 10.6. The molecule has 150 valence electrons. The van der Waals surface area contributed by atoms with E-state index in [4.69, 9.17) is 0 Å². The Morgan fingerprint density at radius 3 is 2.59 bits per heavy atom. The van der Waals surface area contributed by atoms with Gasteiger partial charge in [0.15, 0.2) is 0 Å². The van der Waals surface area contributed by atoms with Crippen LogP contribution in [0, 0.1) is 11.7 Å². The fourth-order valence-corrected chi connectivity index (χ4v) is 4.50. The Labute approximate surface area is 172 Å². The van der Waals surface area contributed by atoms with Crippen molar-refractivity contribution in [3.63, 3.8) is 0 Å². The molecule has 2 amide bonds. The predicted octanol–water partition coefficient (Wildman–Crippen LogP) is 4.11. The Morgan fingerprint density at radius 1 is 1.10 bits per heavy atom. The lowest BCUT2D eigenvalue weighted by molar-refractivity contribution is 0.0687. The summed E-state index contributed by atoms with van der Waals surface area (Å²) < 4.78 is 18.3. The van der Waals surface area contributed by atoms with Gasteiger partial charge >= 0.3 is 0 Å². The molecule has 5 nitrogen and oxygen atoms in total. The lowest BCUT2D eigenvalue weighted by atomic mass is 9.93. The molecule has 1 aliphatic heterocycles. The molecule has 0 radical (unpaired) electrons. The van der Waals surface area contributed by atoms with Gasteiger partial charge in [0, 0.05) is 30.6 Å². The quantitative estimate of drug-likeness (QED) is 0.687. The molecule has 1 N–H and O–H groups in total. The maximum Gasteiger partial charge on any atom is 0.271 e. The van der Waals surface area contributed by atoms with Crippen LogP contribution in [0.1, 0.15) is 40.1 Å². The van der Waals surface area contributed by atoms with E-state index in [2.05, 4.69) is 9.69 Å². The average molecular weight is 412 g/mol. The molecule has 7 heteroatoms. The highest BCUT2D eigenvalue weighted by Gasteiger charge is 2.24. The van der Waals surface area contributed by atoms with E-state index in [0.717, 1.165) is 29.3 Å². The van der Waals surface area contributed by atoms with Gasteiger partial charge in [-0.25, -0.2) is 4.39 Å². The highest BCUT2D eigenvalue weighted by atomic mass is 32.1. The van der Waals surface area contributed by atoms with E-state index in [0.29, 0.717) is 36.8 Å². The Hall–Kier alpha value is -2.80. The van der Waals surface area contributed by atoms with Gasteiger partial charge in [-0.1, -0.05) is 18.2 Å². The van der Waals surface area contributed by atoms with Crippen molar-refractivity contribution < 1.29 is 14.0 Å². The number of amides is 2. The second-order valence-electron chi connectivity index (χ2n) is 7.31. The number of likely N-dealkylation sites (tertiary alicyclic amines) is 1. The highest BCUT2D eigenvalue weighted by Crippen LogP contribution is 2.23. The molecular weight excluding hydrogens is 389 g/mol. The average Bonchev–Trinajstić information content (AvgIpc) is 3.18. The fourth-order valence-electron chi connectivity index (χ4n) is 3.72. The van der Waals surface area contributed by atoms with Crippen LogP contribution in [0.5, 0.6) is 0 Å². The topological polar surface area (TPSA) is 62.3 Å². The smallest absolute Gasteiger partial charge is 0.271 e. The summed E-state index contributed by atoms with van der Waals surface area (Å²) >= 11 is 1.34. The number of nitrogens with zero attached hydrogens (tertiary/aromatic N) is 2. The third kappa shape index (κ3) is 4.45. The van der Waals surface area contributed by atoms with Gasteiger partial charge in [0.05, 0.1) is 4.70 Å². The van der Waals surface area contributed by atoms with Gasteiger partial charge < -0.3 is 10.2 Å². The first-order valence-electron chi connectivity index (χ1n) is 9.79. The third-order valence-electron chi connectivity index (χ3n) is 5.42. The first kappa shape index (κ1) is 19.5. The van der Waals surface area contributed by atoms with Crippen molar-refractivity contribution in [3.8, 4) is 0 Å². The van der Waals surface area contributed by atoms with Crippen molar-refractivity contribution in [2.24, 2.45) is 5.92 Å². The SMILES string of the molecule is O=C(NCCC1CCN(C(=O)c2ccc(F)cc2)CC1)c1nsc2ccccc12. The summed E-state index contributed by atoms with van der Waals surface area (Å²) in [4.78, 5) is 26.8. The van der Waals surface area contributed by atoms with Crippen LogP contribution in [0.25, 0.3) is 10.1 Å². The number of aromatic nitrogens is 1. The molecule has 0 unspecified atom stereocenters. The van der Waals surface area contributed by atoms with Gasteiger partial charge in [-0.15, -0.1) is 0 Å². The minimum atomic E-state index is -0.340. The van der Waals surface area contributed by atoms with Crippen LogP contribution in [-0.4, -0.2) is 40.7 Å². The van der Waals surface area contributed by atoms with E-state index < -0.39 is 0 Å². The van der Waals surface area contributed by atoms with Gasteiger partial charge in [-0.05, 0) is 67.0 Å². The molecule has 0 saturated carbocycles. The summed E-state index contributed by atoms with van der Waals surface area (Å²) in [5.74, 6) is -0.0498. The zero-order valence-electron chi connectivity index (χ0n) is 15.9. The summed E-state index contributed by atoms with van der Waals surface area (Å²) in [6.07, 6.45) is 2.69. The molecule has 4 rings (SSSR count). The predicted molar refractivity (Wildman–Crippen MR) is 112 cm³/mol. The number of benzene rings is 2. The van der Waals surface area contributed by atoms with Gasteiger partial charge in [0.2, 0.25) is 0 Å². The second kappa shape index (κ2) is 8.69. The van der Waals surface area contributed by atoms with Gasteiger partial charge in [0.1, 0.15) is 11.5 Å². The van der Waals surface area contributed by atoms with Crippen LogP contribution in [0.2, 0.25) is 0 Å². The maximum absolute atomic E-state index is 13.0. The first-order chi connectivity index (χ1) is 14.1. The summed E-state index contributed by atoms with van der Waals surface area (Å²) in [5, 5.41) is 3.87. The normalized spacial score (nSPS) is 14.9. The molecule has 0 atom stereocenters. The Kier molecular flexibility index (Phi) is 5.85. The Morgan fingerprint density at radius 2 is 1.83 bits per heavy atom. The molecule has 2 aromatic carbocycles. The molecule has 0 bridgehead atoms. The number of piperidine rings is 1. The maximum atomic E-state index is 13.0. The Balaban J connectivity index is 1.23. The van der Waals surface area contributed by atoms with E-state index in [9.17, 15) is 14.0 Å². The fraction of sp³-hybridized carbons (Fsp3) is 0.318. The molecule has 1 saturated heterocycles. The van der Waals surface area contributed by atoms with Gasteiger partial charge in [-0.2, -0.15) is 4.37 Å². The van der Waals surface area contributed by atoms with Gasteiger partial charge in [0.25, 0.3) is 11.8 Å². The van der Waals surface area contributed by atoms with Crippen LogP contribution in [-0.2, 0) is 0 Å². The number of carbonyl (C=O) groups is 2. The molecule has 2 heterocycles. The van der Waals surface area contributed by atoms with Crippen molar-refractivity contribution in [2.75, 3.05) is 19.6 Å². The number of carbonyl (C=O) groups excluding carboxylic acids is 2. The number of hydrogen-bond acceptors (Lipinski definition) is 4. The molecule has 29 heavy (non-hydrogen) atoms. The minimum Gasteiger partial charge on any atom is -0.351 e. The van der Waals surface area contributed by atoms with Crippen molar-refractivity contribution >= 4 is 33.4 Å². The van der Waals surface area contributed by atoms with E-state index in [1.807, 2.05) is 29.2 Å². The lowest BCUT2D eigenvalue weighted by Gasteiger charge is -2.32. The van der Waals surface area contributed by atoms with Crippen molar-refractivity contribution in [3.05, 3.63) is 65.6 Å². The van der Waals surface area contributed by atoms with Crippen molar-refractivity contribution in [1.29, 1.82) is 0 Å². The van der Waals surface area contributed by atoms with Crippen LogP contribution < -0.4 is 5.32 Å². The Bertz CT molecular complexity index is 1010. The summed E-state index contributed by atoms with van der Waals surface area (Å²) in [6.45, 7) is 1.97. The highest BCUT2D eigenvalue weighted by molar-refractivity contribution is 7.13. The molecule has 0 spiro atoms. The third-order valence-corrected chi connectivity index (χ3v) is 6.25.